The van der Waals surface area contributed by atoms with Gasteiger partial charge in [-0.2, -0.15) is 0 Å². The Morgan fingerprint density at radius 2 is 2.33 bits per heavy atom. The second-order valence-corrected chi connectivity index (χ2v) is 5.12. The fourth-order valence-electron chi connectivity index (χ4n) is 1.09. The first-order chi connectivity index (χ1) is 7.25. The number of benzene rings is 1. The summed E-state index contributed by atoms with van der Waals surface area (Å²) in [4.78, 5) is 5.22. The highest BCUT2D eigenvalue weighted by Crippen LogP contribution is 2.30. The van der Waals surface area contributed by atoms with E-state index in [0.29, 0.717) is 5.02 Å². The van der Waals surface area contributed by atoms with E-state index in [1.807, 2.05) is 23.0 Å². The van der Waals surface area contributed by atoms with E-state index in [2.05, 4.69) is 4.98 Å². The minimum atomic E-state index is 0.713. The second-order valence-electron chi connectivity index (χ2n) is 2.95. The number of nitrogen functional groups attached to an aromatic ring is 1. The van der Waals surface area contributed by atoms with Crippen LogP contribution in [0.25, 0.3) is 0 Å². The maximum Gasteiger partial charge on any atom is 0.0795 e. The van der Waals surface area contributed by atoms with Gasteiger partial charge in [0.1, 0.15) is 0 Å². The maximum atomic E-state index is 5.90. The summed E-state index contributed by atoms with van der Waals surface area (Å²) >= 11 is 9.15. The topological polar surface area (TPSA) is 38.9 Å². The van der Waals surface area contributed by atoms with E-state index in [1.54, 1.807) is 29.2 Å². The molecule has 5 heteroatoms. The average Bonchev–Trinajstić information content (AvgIpc) is 2.72. The molecular formula is C10H9ClN2S2. The van der Waals surface area contributed by atoms with Crippen molar-refractivity contribution in [2.24, 2.45) is 0 Å². The summed E-state index contributed by atoms with van der Waals surface area (Å²) in [6.07, 6.45) is 0. The monoisotopic (exact) mass is 256 g/mol. The Kier molecular flexibility index (Phi) is 3.51. The molecule has 0 bridgehead atoms. The molecule has 2 N–H and O–H groups in total. The molecule has 15 heavy (non-hydrogen) atoms. The third-order valence-electron chi connectivity index (χ3n) is 1.83. The Morgan fingerprint density at radius 1 is 1.47 bits per heavy atom. The lowest BCUT2D eigenvalue weighted by atomic mass is 10.3. The van der Waals surface area contributed by atoms with Gasteiger partial charge < -0.3 is 5.73 Å². The van der Waals surface area contributed by atoms with Crippen molar-refractivity contribution in [2.45, 2.75) is 10.6 Å². The molecule has 78 valence electrons. The fraction of sp³-hybridized carbons (Fsp3) is 0.100. The molecule has 0 fully saturated rings. The summed E-state index contributed by atoms with van der Waals surface area (Å²) in [5.41, 5.74) is 9.50. The lowest BCUT2D eigenvalue weighted by Gasteiger charge is -2.04. The van der Waals surface area contributed by atoms with Crippen molar-refractivity contribution in [1.29, 1.82) is 0 Å². The lowest BCUT2D eigenvalue weighted by molar-refractivity contribution is 1.23. The van der Waals surface area contributed by atoms with E-state index in [1.165, 1.54) is 0 Å². The molecular weight excluding hydrogens is 248 g/mol. The minimum absolute atomic E-state index is 0.713. The predicted octanol–water partition coefficient (Wildman–Crippen LogP) is 3.67. The number of nitrogens with two attached hydrogens (primary N) is 1. The van der Waals surface area contributed by atoms with Crippen LogP contribution in [0.2, 0.25) is 5.02 Å². The van der Waals surface area contributed by atoms with Crippen molar-refractivity contribution in [2.75, 3.05) is 5.73 Å². The molecule has 0 spiro atoms. The van der Waals surface area contributed by atoms with Gasteiger partial charge in [-0.05, 0) is 18.2 Å². The van der Waals surface area contributed by atoms with Crippen LogP contribution >= 0.6 is 34.7 Å². The number of anilines is 1. The number of thiazole rings is 1. The summed E-state index contributed by atoms with van der Waals surface area (Å²) in [7, 11) is 0. The zero-order valence-electron chi connectivity index (χ0n) is 7.81. The van der Waals surface area contributed by atoms with Crippen LogP contribution in [0.1, 0.15) is 5.69 Å². The van der Waals surface area contributed by atoms with E-state index in [9.17, 15) is 0 Å². The van der Waals surface area contributed by atoms with Crippen molar-refractivity contribution in [3.63, 3.8) is 0 Å². The van der Waals surface area contributed by atoms with Crippen molar-refractivity contribution in [3.8, 4) is 0 Å². The van der Waals surface area contributed by atoms with Gasteiger partial charge in [0.25, 0.3) is 0 Å². The molecule has 0 aliphatic carbocycles. The van der Waals surface area contributed by atoms with Gasteiger partial charge in [0, 0.05) is 26.7 Å². The van der Waals surface area contributed by atoms with Crippen molar-refractivity contribution in [3.05, 3.63) is 39.8 Å². The highest BCUT2D eigenvalue weighted by atomic mass is 35.5. The molecule has 2 nitrogen and oxygen atoms in total. The number of hydrogen-bond acceptors (Lipinski definition) is 4. The second kappa shape index (κ2) is 4.88. The lowest BCUT2D eigenvalue weighted by Crippen LogP contribution is -1.88. The largest absolute Gasteiger partial charge is 0.398 e. The maximum absolute atomic E-state index is 5.90. The van der Waals surface area contributed by atoms with Gasteiger partial charge in [0.2, 0.25) is 0 Å². The van der Waals surface area contributed by atoms with E-state index in [-0.39, 0.29) is 0 Å². The van der Waals surface area contributed by atoms with E-state index in [0.717, 1.165) is 22.0 Å². The van der Waals surface area contributed by atoms with E-state index < -0.39 is 0 Å². The minimum Gasteiger partial charge on any atom is -0.398 e. The summed E-state index contributed by atoms with van der Waals surface area (Å²) < 4.78 is 0. The van der Waals surface area contributed by atoms with Gasteiger partial charge in [-0.3, -0.25) is 0 Å². The molecule has 0 saturated heterocycles. The number of aromatic nitrogens is 1. The van der Waals surface area contributed by atoms with Crippen LogP contribution in [0.15, 0.2) is 34.0 Å². The fourth-order valence-corrected chi connectivity index (χ4v) is 2.90. The quantitative estimate of drug-likeness (QED) is 0.673. The van der Waals surface area contributed by atoms with Gasteiger partial charge >= 0.3 is 0 Å². The van der Waals surface area contributed by atoms with Crippen LogP contribution in [-0.4, -0.2) is 4.98 Å². The molecule has 0 saturated carbocycles. The van der Waals surface area contributed by atoms with Crippen LogP contribution in [-0.2, 0) is 5.75 Å². The number of thioether (sulfide) groups is 1. The molecule has 0 aliphatic rings. The van der Waals surface area contributed by atoms with Gasteiger partial charge in [-0.15, -0.1) is 23.1 Å². The molecule has 0 radical (unpaired) electrons. The third-order valence-corrected chi connectivity index (χ3v) is 3.81. The number of rotatable bonds is 3. The van der Waals surface area contributed by atoms with Gasteiger partial charge in [0.15, 0.2) is 0 Å². The first-order valence-corrected chi connectivity index (χ1v) is 6.61. The average molecular weight is 257 g/mol. The molecule has 1 aromatic carbocycles. The highest BCUT2D eigenvalue weighted by Gasteiger charge is 2.02. The molecule has 1 aromatic heterocycles. The van der Waals surface area contributed by atoms with Crippen LogP contribution < -0.4 is 5.73 Å². The smallest absolute Gasteiger partial charge is 0.0795 e. The first-order valence-electron chi connectivity index (χ1n) is 4.30. The number of hydrogen-bond donors (Lipinski definition) is 1. The molecule has 0 aliphatic heterocycles. The first kappa shape index (κ1) is 10.8. The Hall–Kier alpha value is -0.710. The van der Waals surface area contributed by atoms with E-state index >= 15 is 0 Å². The van der Waals surface area contributed by atoms with E-state index in [4.69, 9.17) is 17.3 Å². The summed E-state index contributed by atoms with van der Waals surface area (Å²) in [6.45, 7) is 0. The molecule has 2 aromatic rings. The Bertz CT molecular complexity index is 443. The molecule has 2 rings (SSSR count). The highest BCUT2D eigenvalue weighted by molar-refractivity contribution is 7.98. The summed E-state index contributed by atoms with van der Waals surface area (Å²) in [5, 5.41) is 2.75. The zero-order chi connectivity index (χ0) is 10.7. The normalized spacial score (nSPS) is 10.5. The zero-order valence-corrected chi connectivity index (χ0v) is 10.2. The third kappa shape index (κ3) is 2.87. The number of halogens is 1. The Morgan fingerprint density at radius 3 is 3.07 bits per heavy atom. The van der Waals surface area contributed by atoms with Crippen molar-refractivity contribution < 1.29 is 0 Å². The standard InChI is InChI=1S/C10H9ClN2S2/c11-7-1-2-9(12)10(3-7)15-5-8-4-14-6-13-8/h1-4,6H,5,12H2. The van der Waals surface area contributed by atoms with Crippen LogP contribution in [0.5, 0.6) is 0 Å². The molecule has 0 unspecified atom stereocenters. The van der Waals surface area contributed by atoms with Crippen LogP contribution in [0.3, 0.4) is 0 Å². The van der Waals surface area contributed by atoms with Gasteiger partial charge in [0.05, 0.1) is 11.2 Å². The summed E-state index contributed by atoms with van der Waals surface area (Å²) in [5.74, 6) is 0.827. The van der Waals surface area contributed by atoms with Gasteiger partial charge in [-0.25, -0.2) is 4.98 Å². The van der Waals surface area contributed by atoms with Gasteiger partial charge in [-0.1, -0.05) is 11.6 Å². The Labute approximate surface area is 101 Å². The molecule has 0 amide bonds. The van der Waals surface area contributed by atoms with Crippen molar-refractivity contribution in [1.82, 2.24) is 4.98 Å². The Balaban J connectivity index is 2.07. The predicted molar refractivity (Wildman–Crippen MR) is 67.5 cm³/mol. The van der Waals surface area contributed by atoms with Crippen LogP contribution in [0, 0.1) is 0 Å². The molecule has 1 heterocycles. The van der Waals surface area contributed by atoms with Crippen LogP contribution in [0.4, 0.5) is 5.69 Å². The van der Waals surface area contributed by atoms with Crippen molar-refractivity contribution >= 4 is 40.4 Å². The number of nitrogens with zero attached hydrogens (tertiary/aromatic N) is 1. The SMILES string of the molecule is Nc1ccc(Cl)cc1SCc1cscn1. The molecule has 0 atom stereocenters. The summed E-state index contributed by atoms with van der Waals surface area (Å²) in [6, 6.07) is 5.50.